The summed E-state index contributed by atoms with van der Waals surface area (Å²) < 4.78 is 0. The molecule has 6 unspecified atom stereocenters. The van der Waals surface area contributed by atoms with Gasteiger partial charge in [-0.25, -0.2) is 4.79 Å². The molecule has 40 heavy (non-hydrogen) atoms. The average molecular weight is 559 g/mol. The molecule has 12 nitrogen and oxygen atoms in total. The first kappa shape index (κ1) is 32.1. The highest BCUT2D eigenvalue weighted by Crippen LogP contribution is 2.14. The zero-order valence-electron chi connectivity index (χ0n) is 22.7. The molecule has 0 fully saturated rings. The maximum Gasteiger partial charge on any atom is 0.326 e. The molecule has 0 aliphatic rings. The number of aromatic hydroxyl groups is 2. The number of aliphatic carboxylic acids is 1. The Morgan fingerprint density at radius 2 is 1.23 bits per heavy atom. The SMILES string of the molecule is CCC(C)C(NC(=O)C(Cc1ccc(O)cc1)NC(=O)C(NC(=O)C(N)Cc1ccc(O)cc1)C(C)O)C(=O)O. The molecular formula is C28H38N4O8. The van der Waals surface area contributed by atoms with Crippen molar-refractivity contribution in [1.29, 1.82) is 0 Å². The molecule has 0 saturated carbocycles. The van der Waals surface area contributed by atoms with Crippen LogP contribution in [0.3, 0.4) is 0 Å². The van der Waals surface area contributed by atoms with Crippen LogP contribution in [0.1, 0.15) is 38.3 Å². The molecule has 2 aromatic carbocycles. The number of nitrogens with two attached hydrogens (primary N) is 1. The van der Waals surface area contributed by atoms with E-state index in [9.17, 15) is 39.6 Å². The summed E-state index contributed by atoms with van der Waals surface area (Å²) in [6, 6.07) is 6.94. The lowest BCUT2D eigenvalue weighted by Gasteiger charge is -2.27. The van der Waals surface area contributed by atoms with E-state index in [1.807, 2.05) is 0 Å². The summed E-state index contributed by atoms with van der Waals surface area (Å²) in [6.07, 6.45) is -0.856. The lowest BCUT2D eigenvalue weighted by Crippen LogP contribution is -2.60. The van der Waals surface area contributed by atoms with E-state index >= 15 is 0 Å². The lowest BCUT2D eigenvalue weighted by molar-refractivity contribution is -0.144. The predicted octanol–water partition coefficient (Wildman–Crippen LogP) is 0.176. The number of carbonyl (C=O) groups excluding carboxylic acids is 3. The minimum atomic E-state index is -1.47. The van der Waals surface area contributed by atoms with Crippen LogP contribution in [-0.2, 0) is 32.0 Å². The van der Waals surface area contributed by atoms with Crippen molar-refractivity contribution in [1.82, 2.24) is 16.0 Å². The Morgan fingerprint density at radius 1 is 0.750 bits per heavy atom. The highest BCUT2D eigenvalue weighted by molar-refractivity contribution is 5.94. The van der Waals surface area contributed by atoms with Crippen LogP contribution in [0.25, 0.3) is 0 Å². The predicted molar refractivity (Wildman–Crippen MR) is 146 cm³/mol. The van der Waals surface area contributed by atoms with Crippen molar-refractivity contribution in [3.8, 4) is 11.5 Å². The Labute approximate surface area is 232 Å². The van der Waals surface area contributed by atoms with Crippen LogP contribution in [0, 0.1) is 5.92 Å². The molecule has 0 heterocycles. The largest absolute Gasteiger partial charge is 0.508 e. The van der Waals surface area contributed by atoms with E-state index in [-0.39, 0.29) is 24.3 Å². The van der Waals surface area contributed by atoms with Gasteiger partial charge >= 0.3 is 5.97 Å². The number of aliphatic hydroxyl groups is 1. The molecule has 0 aliphatic carbocycles. The van der Waals surface area contributed by atoms with Crippen LogP contribution in [0.15, 0.2) is 48.5 Å². The van der Waals surface area contributed by atoms with Gasteiger partial charge in [-0.3, -0.25) is 14.4 Å². The number of carboxylic acids is 1. The number of amides is 3. The number of hydrogen-bond acceptors (Lipinski definition) is 8. The molecule has 0 radical (unpaired) electrons. The molecule has 2 rings (SSSR count). The van der Waals surface area contributed by atoms with Crippen molar-refractivity contribution >= 4 is 23.7 Å². The molecule has 12 heteroatoms. The first-order chi connectivity index (χ1) is 18.8. The molecule has 0 aromatic heterocycles. The number of benzene rings is 2. The molecule has 9 N–H and O–H groups in total. The van der Waals surface area contributed by atoms with E-state index < -0.39 is 59.9 Å². The standard InChI is InChI=1S/C28H38N4O8/c1-4-15(2)23(28(39)40)31-26(37)22(14-18-7-11-20(35)12-8-18)30-27(38)24(16(3)33)32-25(36)21(29)13-17-5-9-19(34)10-6-17/h5-12,15-16,21-24,33-35H,4,13-14,29H2,1-3H3,(H,30,38)(H,31,37)(H,32,36)(H,39,40). The van der Waals surface area contributed by atoms with Gasteiger partial charge in [-0.15, -0.1) is 0 Å². The molecule has 6 atom stereocenters. The number of hydrogen-bond donors (Lipinski definition) is 8. The molecule has 2 aromatic rings. The molecule has 218 valence electrons. The first-order valence-corrected chi connectivity index (χ1v) is 13.0. The van der Waals surface area contributed by atoms with Gasteiger partial charge in [0.25, 0.3) is 0 Å². The van der Waals surface area contributed by atoms with E-state index in [1.165, 1.54) is 31.2 Å². The molecule has 0 saturated heterocycles. The summed E-state index contributed by atoms with van der Waals surface area (Å²) in [5, 5.41) is 46.3. The van der Waals surface area contributed by atoms with Gasteiger partial charge < -0.3 is 42.1 Å². The van der Waals surface area contributed by atoms with E-state index in [4.69, 9.17) is 5.73 Å². The number of nitrogens with one attached hydrogen (secondary N) is 3. The molecule has 3 amide bonds. The zero-order valence-corrected chi connectivity index (χ0v) is 22.7. The third kappa shape index (κ3) is 9.54. The van der Waals surface area contributed by atoms with Gasteiger partial charge in [0.05, 0.1) is 12.1 Å². The molecule has 0 aliphatic heterocycles. The summed E-state index contributed by atoms with van der Waals surface area (Å²) in [6.45, 7) is 4.74. The minimum Gasteiger partial charge on any atom is -0.508 e. The van der Waals surface area contributed by atoms with E-state index in [0.717, 1.165) is 0 Å². The van der Waals surface area contributed by atoms with Crippen molar-refractivity contribution < 1.29 is 39.6 Å². The summed E-state index contributed by atoms with van der Waals surface area (Å²) in [7, 11) is 0. The number of carbonyl (C=O) groups is 4. The fraction of sp³-hybridized carbons (Fsp3) is 0.429. The summed E-state index contributed by atoms with van der Waals surface area (Å²) in [5.41, 5.74) is 7.22. The van der Waals surface area contributed by atoms with Gasteiger partial charge in [-0.1, -0.05) is 44.5 Å². The topological polar surface area (TPSA) is 211 Å². The van der Waals surface area contributed by atoms with E-state index in [1.54, 1.807) is 38.1 Å². The van der Waals surface area contributed by atoms with Gasteiger partial charge in [-0.05, 0) is 54.7 Å². The Balaban J connectivity index is 2.21. The normalized spacial score (nSPS) is 15.5. The number of rotatable bonds is 14. The fourth-order valence-corrected chi connectivity index (χ4v) is 3.92. The van der Waals surface area contributed by atoms with Crippen LogP contribution in [-0.4, -0.2) is 74.4 Å². The highest BCUT2D eigenvalue weighted by atomic mass is 16.4. The summed E-state index contributed by atoms with van der Waals surface area (Å²) in [4.78, 5) is 51.0. The second-order valence-electron chi connectivity index (χ2n) is 9.85. The van der Waals surface area contributed by atoms with Gasteiger partial charge in [0.2, 0.25) is 17.7 Å². The minimum absolute atomic E-state index is 0.00276. The van der Waals surface area contributed by atoms with Gasteiger partial charge in [0.1, 0.15) is 29.6 Å². The monoisotopic (exact) mass is 558 g/mol. The van der Waals surface area contributed by atoms with Crippen molar-refractivity contribution in [3.63, 3.8) is 0 Å². The fourth-order valence-electron chi connectivity index (χ4n) is 3.92. The van der Waals surface area contributed by atoms with Gasteiger partial charge in [-0.2, -0.15) is 0 Å². The first-order valence-electron chi connectivity index (χ1n) is 13.0. The van der Waals surface area contributed by atoms with Crippen LogP contribution in [0.4, 0.5) is 0 Å². The van der Waals surface area contributed by atoms with Gasteiger partial charge in [0, 0.05) is 6.42 Å². The Hall–Kier alpha value is -4.16. The second-order valence-corrected chi connectivity index (χ2v) is 9.85. The van der Waals surface area contributed by atoms with Crippen LogP contribution < -0.4 is 21.7 Å². The quantitative estimate of drug-likeness (QED) is 0.159. The van der Waals surface area contributed by atoms with E-state index in [0.29, 0.717) is 17.5 Å². The summed E-state index contributed by atoms with van der Waals surface area (Å²) >= 11 is 0. The molecular weight excluding hydrogens is 520 g/mol. The highest BCUT2D eigenvalue weighted by Gasteiger charge is 2.33. The maximum absolute atomic E-state index is 13.2. The summed E-state index contributed by atoms with van der Waals surface area (Å²) in [5.74, 6) is -3.95. The van der Waals surface area contributed by atoms with Crippen molar-refractivity contribution in [3.05, 3.63) is 59.7 Å². The molecule has 0 spiro atoms. The van der Waals surface area contributed by atoms with E-state index in [2.05, 4.69) is 16.0 Å². The maximum atomic E-state index is 13.2. The van der Waals surface area contributed by atoms with Crippen LogP contribution >= 0.6 is 0 Å². The Bertz CT molecular complexity index is 1150. The smallest absolute Gasteiger partial charge is 0.326 e. The van der Waals surface area contributed by atoms with Crippen molar-refractivity contribution in [2.24, 2.45) is 11.7 Å². The Kier molecular flexibility index (Phi) is 11.9. The van der Waals surface area contributed by atoms with Gasteiger partial charge in [0.15, 0.2) is 0 Å². The lowest BCUT2D eigenvalue weighted by atomic mass is 9.98. The third-order valence-electron chi connectivity index (χ3n) is 6.58. The van der Waals surface area contributed by atoms with Crippen LogP contribution in [0.2, 0.25) is 0 Å². The second kappa shape index (κ2) is 14.8. The van der Waals surface area contributed by atoms with Crippen molar-refractivity contribution in [2.75, 3.05) is 0 Å². The van der Waals surface area contributed by atoms with Crippen LogP contribution in [0.5, 0.6) is 11.5 Å². The third-order valence-corrected chi connectivity index (χ3v) is 6.58. The number of carboxylic acid groups (broad SMARTS) is 1. The average Bonchev–Trinajstić information content (AvgIpc) is 2.91. The van der Waals surface area contributed by atoms with Crippen molar-refractivity contribution in [2.45, 2.75) is 70.3 Å². The zero-order chi connectivity index (χ0) is 30.0. The number of aliphatic hydroxyl groups excluding tert-OH is 1. The number of phenolic OH excluding ortho intramolecular Hbond substituents is 2. The number of phenols is 2. The Morgan fingerprint density at radius 3 is 1.68 bits per heavy atom. The molecule has 0 bridgehead atoms.